The van der Waals surface area contributed by atoms with Crippen molar-refractivity contribution in [3.05, 3.63) is 65.4 Å². The third-order valence-electron chi connectivity index (χ3n) is 6.57. The topological polar surface area (TPSA) is 123 Å². The van der Waals surface area contributed by atoms with Crippen molar-refractivity contribution >= 4 is 22.4 Å². The lowest BCUT2D eigenvalue weighted by atomic mass is 9.96. The highest BCUT2D eigenvalue weighted by molar-refractivity contribution is 6.02. The molecular weight excluding hydrogens is 473 g/mol. The van der Waals surface area contributed by atoms with Crippen molar-refractivity contribution in [2.24, 2.45) is 12.8 Å². The van der Waals surface area contributed by atoms with Gasteiger partial charge in [-0.2, -0.15) is 10.4 Å². The maximum Gasteiger partial charge on any atom is 0.185 e. The predicted octanol–water partition coefficient (Wildman–Crippen LogP) is 3.40. The number of piperidine rings is 1. The number of benzene rings is 2. The molecule has 10 heteroatoms. The minimum absolute atomic E-state index is 0.00849. The average molecular weight is 500 g/mol. The highest BCUT2D eigenvalue weighted by atomic mass is 19.1. The third-order valence-corrected chi connectivity index (χ3v) is 6.57. The van der Waals surface area contributed by atoms with Gasteiger partial charge < -0.3 is 15.4 Å². The van der Waals surface area contributed by atoms with Crippen LogP contribution in [0.1, 0.15) is 34.5 Å². The van der Waals surface area contributed by atoms with E-state index in [9.17, 15) is 14.4 Å². The molecule has 37 heavy (non-hydrogen) atoms. The summed E-state index contributed by atoms with van der Waals surface area (Å²) < 4.78 is 21.6. The summed E-state index contributed by atoms with van der Waals surface area (Å²) in [7, 11) is 3.24. The van der Waals surface area contributed by atoms with Crippen LogP contribution in [0.4, 0.5) is 10.1 Å². The lowest BCUT2D eigenvalue weighted by Crippen LogP contribution is -2.43. The number of ketones is 1. The fourth-order valence-electron chi connectivity index (χ4n) is 4.94. The summed E-state index contributed by atoms with van der Waals surface area (Å²) in [5, 5.41) is 15.1. The van der Waals surface area contributed by atoms with Gasteiger partial charge in [-0.15, -0.1) is 0 Å². The van der Waals surface area contributed by atoms with E-state index in [0.29, 0.717) is 23.2 Å². The Balaban J connectivity index is 1.57. The number of fused-ring (bicyclic) bond motifs is 1. The highest BCUT2D eigenvalue weighted by Crippen LogP contribution is 2.35. The Bertz CT molecular complexity index is 1540. The number of anilines is 1. The van der Waals surface area contributed by atoms with Gasteiger partial charge in [-0.05, 0) is 42.7 Å². The van der Waals surface area contributed by atoms with Crippen molar-refractivity contribution in [1.82, 2.24) is 19.7 Å². The fraction of sp³-hybridized carbons (Fsp3) is 0.296. The van der Waals surface area contributed by atoms with Gasteiger partial charge in [0.05, 0.1) is 23.9 Å². The molecule has 188 valence electrons. The van der Waals surface area contributed by atoms with Crippen LogP contribution in [0.2, 0.25) is 0 Å². The fourth-order valence-corrected chi connectivity index (χ4v) is 4.94. The van der Waals surface area contributed by atoms with E-state index in [1.54, 1.807) is 23.9 Å². The average Bonchev–Trinajstić information content (AvgIpc) is 3.28. The SMILES string of the molecule is COc1cccc(F)c1-c1nccc(C(=O)Cc2cc(C#N)c3nn(C)cc3c2N2CCC[C@@H](N)C2)n1. The van der Waals surface area contributed by atoms with Crippen LogP contribution in [0, 0.1) is 17.1 Å². The zero-order valence-electron chi connectivity index (χ0n) is 20.6. The Morgan fingerprint density at radius 3 is 2.95 bits per heavy atom. The Hall–Kier alpha value is -4.36. The number of nitriles is 1. The second kappa shape index (κ2) is 9.95. The molecule has 3 heterocycles. The van der Waals surface area contributed by atoms with Crippen molar-refractivity contribution in [3.8, 4) is 23.2 Å². The monoisotopic (exact) mass is 499 g/mol. The van der Waals surface area contributed by atoms with E-state index in [0.717, 1.165) is 30.5 Å². The van der Waals surface area contributed by atoms with Crippen LogP contribution in [0.3, 0.4) is 0 Å². The molecule has 1 saturated heterocycles. The maximum absolute atomic E-state index is 14.6. The smallest absolute Gasteiger partial charge is 0.185 e. The normalized spacial score (nSPS) is 15.5. The number of Topliss-reactive ketones (excluding diaryl/α,β-unsaturated/α-hetero) is 1. The number of nitrogens with zero attached hydrogens (tertiary/aromatic N) is 6. The number of hydrogen-bond acceptors (Lipinski definition) is 8. The molecule has 2 N–H and O–H groups in total. The van der Waals surface area contributed by atoms with Crippen molar-refractivity contribution in [3.63, 3.8) is 0 Å². The van der Waals surface area contributed by atoms with Gasteiger partial charge >= 0.3 is 0 Å². The molecule has 0 bridgehead atoms. The summed E-state index contributed by atoms with van der Waals surface area (Å²) in [5.74, 6) is -0.500. The standard InChI is InChI=1S/C27H26FN7O2/c1-34-15-19-25(33-34)17(13-29)11-16(26(19)35-10-4-5-18(30)14-35)12-22(36)21-8-9-31-27(32-21)24-20(28)6-3-7-23(24)37-2/h3,6-9,11,15,18H,4-5,10,12,14,30H2,1-2H3/t18-/m1/s1. The number of aromatic nitrogens is 4. The van der Waals surface area contributed by atoms with Crippen molar-refractivity contribution in [1.29, 1.82) is 5.26 Å². The Kier molecular flexibility index (Phi) is 6.54. The van der Waals surface area contributed by atoms with Crippen LogP contribution < -0.4 is 15.4 Å². The molecule has 0 aliphatic carbocycles. The third kappa shape index (κ3) is 4.61. The number of methoxy groups -OCH3 is 1. The summed E-state index contributed by atoms with van der Waals surface area (Å²) in [6.45, 7) is 1.43. The second-order valence-electron chi connectivity index (χ2n) is 9.14. The number of carbonyl (C=O) groups is 1. The molecule has 2 aromatic heterocycles. The lowest BCUT2D eigenvalue weighted by molar-refractivity contribution is 0.0988. The molecular formula is C27H26FN7O2. The molecule has 4 aromatic rings. The Morgan fingerprint density at radius 2 is 2.19 bits per heavy atom. The van der Waals surface area contributed by atoms with Crippen LogP contribution >= 0.6 is 0 Å². The van der Waals surface area contributed by atoms with E-state index in [1.165, 1.54) is 31.5 Å². The summed E-state index contributed by atoms with van der Waals surface area (Å²) in [4.78, 5) is 24.2. The maximum atomic E-state index is 14.6. The summed E-state index contributed by atoms with van der Waals surface area (Å²) >= 11 is 0. The minimum Gasteiger partial charge on any atom is -0.496 e. The second-order valence-corrected chi connectivity index (χ2v) is 9.14. The summed E-state index contributed by atoms with van der Waals surface area (Å²) in [5.41, 5.74) is 9.04. The van der Waals surface area contributed by atoms with Crippen LogP contribution in [-0.2, 0) is 13.5 Å². The molecule has 0 radical (unpaired) electrons. The first-order chi connectivity index (χ1) is 17.9. The zero-order chi connectivity index (χ0) is 26.1. The van der Waals surface area contributed by atoms with Crippen molar-refractivity contribution in [2.45, 2.75) is 25.3 Å². The van der Waals surface area contributed by atoms with E-state index in [-0.39, 0.29) is 41.1 Å². The van der Waals surface area contributed by atoms with Crippen LogP contribution in [0.5, 0.6) is 5.75 Å². The number of ether oxygens (including phenoxy) is 1. The van der Waals surface area contributed by atoms with Gasteiger partial charge in [-0.25, -0.2) is 14.4 Å². The van der Waals surface area contributed by atoms with Crippen LogP contribution in [-0.4, -0.2) is 51.8 Å². The van der Waals surface area contributed by atoms with Crippen LogP contribution in [0.25, 0.3) is 22.3 Å². The van der Waals surface area contributed by atoms with E-state index in [2.05, 4.69) is 26.0 Å². The quantitative estimate of drug-likeness (QED) is 0.401. The van der Waals surface area contributed by atoms with Gasteiger partial charge in [-0.1, -0.05) is 6.07 Å². The Morgan fingerprint density at radius 1 is 1.35 bits per heavy atom. The first kappa shape index (κ1) is 24.3. The molecule has 5 rings (SSSR count). The number of carbonyl (C=O) groups excluding carboxylic acids is 1. The van der Waals surface area contributed by atoms with Gasteiger partial charge in [-0.3, -0.25) is 9.48 Å². The summed E-state index contributed by atoms with van der Waals surface area (Å²) in [6.07, 6.45) is 5.14. The zero-order valence-corrected chi connectivity index (χ0v) is 20.6. The van der Waals surface area contributed by atoms with Gasteiger partial charge in [0.1, 0.15) is 28.8 Å². The number of aryl methyl sites for hydroxylation is 1. The van der Waals surface area contributed by atoms with E-state index >= 15 is 0 Å². The number of rotatable bonds is 6. The Labute approximate surface area is 213 Å². The molecule has 9 nitrogen and oxygen atoms in total. The first-order valence-corrected chi connectivity index (χ1v) is 12.0. The molecule has 1 atom stereocenters. The predicted molar refractivity (Wildman–Crippen MR) is 137 cm³/mol. The van der Waals surface area contributed by atoms with Gasteiger partial charge in [0.2, 0.25) is 0 Å². The van der Waals surface area contributed by atoms with Crippen molar-refractivity contribution < 1.29 is 13.9 Å². The number of nitrogens with two attached hydrogens (primary N) is 1. The highest BCUT2D eigenvalue weighted by Gasteiger charge is 2.26. The molecule has 0 saturated carbocycles. The minimum atomic E-state index is -0.548. The number of halogens is 1. The molecule has 1 fully saturated rings. The van der Waals surface area contributed by atoms with Gasteiger partial charge in [0.25, 0.3) is 0 Å². The van der Waals surface area contributed by atoms with E-state index in [1.807, 2.05) is 6.20 Å². The summed E-state index contributed by atoms with van der Waals surface area (Å²) in [6, 6.07) is 9.89. The van der Waals surface area contributed by atoms with E-state index < -0.39 is 5.82 Å². The molecule has 1 aliphatic heterocycles. The van der Waals surface area contributed by atoms with Gasteiger partial charge in [0.15, 0.2) is 11.6 Å². The molecule has 0 unspecified atom stereocenters. The largest absolute Gasteiger partial charge is 0.496 e. The van der Waals surface area contributed by atoms with Crippen LogP contribution in [0.15, 0.2) is 42.7 Å². The lowest BCUT2D eigenvalue weighted by Gasteiger charge is -2.34. The molecule has 0 spiro atoms. The van der Waals surface area contributed by atoms with Gasteiger partial charge in [0, 0.05) is 50.4 Å². The first-order valence-electron chi connectivity index (χ1n) is 12.0. The molecule has 0 amide bonds. The number of hydrogen-bond donors (Lipinski definition) is 1. The molecule has 2 aromatic carbocycles. The van der Waals surface area contributed by atoms with Crippen molar-refractivity contribution in [2.75, 3.05) is 25.1 Å². The van der Waals surface area contributed by atoms with E-state index in [4.69, 9.17) is 10.5 Å². The molecule has 1 aliphatic rings.